The Bertz CT molecular complexity index is 346. The third-order valence-electron chi connectivity index (χ3n) is 1.79. The highest BCUT2D eigenvalue weighted by Gasteiger charge is 2.04. The van der Waals surface area contributed by atoms with Gasteiger partial charge in [-0.15, -0.1) is 0 Å². The van der Waals surface area contributed by atoms with Crippen LogP contribution in [0.15, 0.2) is 36.9 Å². The van der Waals surface area contributed by atoms with Crippen molar-refractivity contribution < 1.29 is 14.4 Å². The highest BCUT2D eigenvalue weighted by atomic mass is 16.6. The average Bonchev–Trinajstić information content (AvgIpc) is 2.34. The fourth-order valence-electron chi connectivity index (χ4n) is 1.05. The molecule has 0 saturated heterocycles. The number of hydrogen-bond acceptors (Lipinski definition) is 3. The number of nitrogens with one attached hydrogen (secondary N) is 1. The molecule has 0 aliphatic carbocycles. The van der Waals surface area contributed by atoms with Gasteiger partial charge in [0.1, 0.15) is 12.4 Å². The number of carbonyl (C=O) groups is 1. The minimum atomic E-state index is -0.267. The highest BCUT2D eigenvalue weighted by molar-refractivity contribution is 5.93. The van der Waals surface area contributed by atoms with Gasteiger partial charge in [0, 0.05) is 5.56 Å². The van der Waals surface area contributed by atoms with Gasteiger partial charge in [0.15, 0.2) is 0 Å². The summed E-state index contributed by atoms with van der Waals surface area (Å²) in [6.45, 7) is 6.23. The molecule has 16 heavy (non-hydrogen) atoms. The third-order valence-corrected chi connectivity index (χ3v) is 1.79. The molecular weight excluding hydrogens is 206 g/mol. The van der Waals surface area contributed by atoms with Gasteiger partial charge in [0.2, 0.25) is 0 Å². The van der Waals surface area contributed by atoms with E-state index < -0.39 is 0 Å². The Morgan fingerprint density at radius 3 is 2.69 bits per heavy atom. The third kappa shape index (κ3) is 3.74. The van der Waals surface area contributed by atoms with Crippen LogP contribution in [0.1, 0.15) is 17.3 Å². The molecule has 4 nitrogen and oxygen atoms in total. The van der Waals surface area contributed by atoms with Crippen molar-refractivity contribution in [3.63, 3.8) is 0 Å². The second-order valence-corrected chi connectivity index (χ2v) is 2.99. The van der Waals surface area contributed by atoms with Crippen LogP contribution >= 0.6 is 0 Å². The van der Waals surface area contributed by atoms with Gasteiger partial charge in [-0.1, -0.05) is 12.7 Å². The van der Waals surface area contributed by atoms with E-state index in [0.29, 0.717) is 24.5 Å². The monoisotopic (exact) mass is 221 g/mol. The summed E-state index contributed by atoms with van der Waals surface area (Å²) in [6.07, 6.45) is 1.66. The first kappa shape index (κ1) is 12.3. The Balaban J connectivity index is 2.56. The molecule has 1 aromatic carbocycles. The van der Waals surface area contributed by atoms with E-state index >= 15 is 0 Å². The molecule has 4 heteroatoms. The van der Waals surface area contributed by atoms with Gasteiger partial charge in [0.25, 0.3) is 5.91 Å². The van der Waals surface area contributed by atoms with Gasteiger partial charge in [0.05, 0.1) is 6.61 Å². The number of ether oxygens (including phenoxy) is 1. The van der Waals surface area contributed by atoms with Gasteiger partial charge in [-0.3, -0.25) is 9.63 Å². The van der Waals surface area contributed by atoms with Crippen molar-refractivity contribution in [3.05, 3.63) is 42.5 Å². The lowest BCUT2D eigenvalue weighted by Gasteiger charge is -2.05. The summed E-state index contributed by atoms with van der Waals surface area (Å²) in [5.41, 5.74) is 2.84. The Kier molecular flexibility index (Phi) is 5.08. The molecule has 0 atom stereocenters. The predicted molar refractivity (Wildman–Crippen MR) is 61.2 cm³/mol. The van der Waals surface area contributed by atoms with Crippen LogP contribution < -0.4 is 10.2 Å². The highest BCUT2D eigenvalue weighted by Crippen LogP contribution is 2.11. The maximum atomic E-state index is 11.4. The first-order valence-electron chi connectivity index (χ1n) is 5.03. The van der Waals surface area contributed by atoms with Crippen molar-refractivity contribution in [1.29, 1.82) is 0 Å². The van der Waals surface area contributed by atoms with Gasteiger partial charge in [-0.05, 0) is 31.2 Å². The van der Waals surface area contributed by atoms with Gasteiger partial charge >= 0.3 is 0 Å². The molecule has 0 aliphatic heterocycles. The van der Waals surface area contributed by atoms with E-state index in [1.54, 1.807) is 37.3 Å². The summed E-state index contributed by atoms with van der Waals surface area (Å²) in [5.74, 6) is 0.435. The van der Waals surface area contributed by atoms with Crippen LogP contribution in [0.5, 0.6) is 5.75 Å². The molecule has 0 heterocycles. The van der Waals surface area contributed by atoms with Crippen LogP contribution in [-0.4, -0.2) is 19.1 Å². The zero-order valence-corrected chi connectivity index (χ0v) is 9.23. The topological polar surface area (TPSA) is 47.6 Å². The van der Waals surface area contributed by atoms with Crippen LogP contribution in [0, 0.1) is 0 Å². The van der Waals surface area contributed by atoms with Crippen LogP contribution in [-0.2, 0) is 4.84 Å². The van der Waals surface area contributed by atoms with E-state index in [0.717, 1.165) is 0 Å². The second kappa shape index (κ2) is 6.63. The first-order chi connectivity index (χ1) is 7.77. The number of carbonyl (C=O) groups excluding carboxylic acids is 1. The van der Waals surface area contributed by atoms with Gasteiger partial charge in [-0.2, -0.15) is 0 Å². The summed E-state index contributed by atoms with van der Waals surface area (Å²) in [5, 5.41) is 0. The Morgan fingerprint density at radius 2 is 2.12 bits per heavy atom. The summed E-state index contributed by atoms with van der Waals surface area (Å²) in [6, 6.07) is 6.80. The number of benzene rings is 1. The molecule has 0 aromatic heterocycles. The molecule has 1 aromatic rings. The maximum Gasteiger partial charge on any atom is 0.274 e. The van der Waals surface area contributed by atoms with E-state index in [-0.39, 0.29) is 5.91 Å². The van der Waals surface area contributed by atoms with E-state index in [1.807, 2.05) is 0 Å². The van der Waals surface area contributed by atoms with E-state index in [9.17, 15) is 4.79 Å². The van der Waals surface area contributed by atoms with Crippen LogP contribution in [0.25, 0.3) is 0 Å². The van der Waals surface area contributed by atoms with Crippen LogP contribution in [0.2, 0.25) is 0 Å². The Labute approximate surface area is 94.8 Å². The second-order valence-electron chi connectivity index (χ2n) is 2.99. The van der Waals surface area contributed by atoms with Crippen molar-refractivity contribution in [2.45, 2.75) is 6.92 Å². The van der Waals surface area contributed by atoms with Crippen LogP contribution in [0.3, 0.4) is 0 Å². The first-order valence-corrected chi connectivity index (χ1v) is 5.03. The number of hydroxylamine groups is 1. The zero-order valence-electron chi connectivity index (χ0n) is 9.23. The molecule has 1 amide bonds. The largest absolute Gasteiger partial charge is 0.490 e. The van der Waals surface area contributed by atoms with Crippen molar-refractivity contribution in [1.82, 2.24) is 5.48 Å². The van der Waals surface area contributed by atoms with E-state index in [2.05, 4.69) is 12.1 Å². The van der Waals surface area contributed by atoms with Gasteiger partial charge < -0.3 is 4.74 Å². The molecule has 1 rings (SSSR count). The molecule has 1 N–H and O–H groups in total. The molecule has 0 fully saturated rings. The molecule has 0 spiro atoms. The van der Waals surface area contributed by atoms with Crippen molar-refractivity contribution >= 4 is 5.91 Å². The number of amides is 1. The fourth-order valence-corrected chi connectivity index (χ4v) is 1.05. The maximum absolute atomic E-state index is 11.4. The molecule has 0 bridgehead atoms. The zero-order chi connectivity index (χ0) is 11.8. The summed E-state index contributed by atoms with van der Waals surface area (Å²) in [7, 11) is 0. The lowest BCUT2D eigenvalue weighted by atomic mass is 10.2. The fraction of sp³-hybridized carbons (Fsp3) is 0.250. The van der Waals surface area contributed by atoms with E-state index in [4.69, 9.17) is 9.57 Å². The summed E-state index contributed by atoms with van der Waals surface area (Å²) >= 11 is 0. The summed E-state index contributed by atoms with van der Waals surface area (Å²) in [4.78, 5) is 16.2. The normalized spacial score (nSPS) is 9.56. The SMILES string of the molecule is C=CCOc1ccc(C(=O)NOCC)cc1. The minimum Gasteiger partial charge on any atom is -0.490 e. The Hall–Kier alpha value is -1.81. The van der Waals surface area contributed by atoms with Crippen molar-refractivity contribution in [3.8, 4) is 5.75 Å². The standard InChI is InChI=1S/C12H15NO3/c1-3-9-15-11-7-5-10(6-8-11)12(14)13-16-4-2/h3,5-8H,1,4,9H2,2H3,(H,13,14). The molecule has 0 aliphatic rings. The smallest absolute Gasteiger partial charge is 0.274 e. The lowest BCUT2D eigenvalue weighted by Crippen LogP contribution is -2.23. The minimum absolute atomic E-state index is 0.267. The van der Waals surface area contributed by atoms with E-state index in [1.165, 1.54) is 0 Å². The molecule has 0 unspecified atom stereocenters. The predicted octanol–water partition coefficient (Wildman–Crippen LogP) is 1.93. The average molecular weight is 221 g/mol. The molecule has 0 radical (unpaired) electrons. The van der Waals surface area contributed by atoms with Crippen molar-refractivity contribution in [2.24, 2.45) is 0 Å². The number of hydrogen-bond donors (Lipinski definition) is 1. The van der Waals surface area contributed by atoms with Crippen LogP contribution in [0.4, 0.5) is 0 Å². The quantitative estimate of drug-likeness (QED) is 0.590. The van der Waals surface area contributed by atoms with Gasteiger partial charge in [-0.25, -0.2) is 5.48 Å². The molecule has 0 saturated carbocycles. The molecule has 86 valence electrons. The number of rotatable bonds is 6. The Morgan fingerprint density at radius 1 is 1.44 bits per heavy atom. The van der Waals surface area contributed by atoms with Crippen molar-refractivity contribution in [2.75, 3.05) is 13.2 Å². The summed E-state index contributed by atoms with van der Waals surface area (Å²) < 4.78 is 5.29. The lowest BCUT2D eigenvalue weighted by molar-refractivity contribution is 0.0364. The molecular formula is C12H15NO3.